The van der Waals surface area contributed by atoms with E-state index in [0.717, 1.165) is 14.9 Å². The van der Waals surface area contributed by atoms with Crippen LogP contribution < -0.4 is 0 Å². The van der Waals surface area contributed by atoms with Gasteiger partial charge in [-0.05, 0) is 23.8 Å². The number of benzene rings is 1. The summed E-state index contributed by atoms with van der Waals surface area (Å²) in [6, 6.07) is 9.43. The van der Waals surface area contributed by atoms with Crippen molar-refractivity contribution in [3.05, 3.63) is 55.5 Å². The molecule has 3 rings (SSSR count). The third-order valence-corrected chi connectivity index (χ3v) is 5.04. The van der Waals surface area contributed by atoms with Crippen molar-refractivity contribution in [1.82, 2.24) is 9.97 Å². The summed E-state index contributed by atoms with van der Waals surface area (Å²) in [5, 5.41) is 3.08. The lowest BCUT2D eigenvalue weighted by Crippen LogP contribution is -1.93. The lowest BCUT2D eigenvalue weighted by molar-refractivity contribution is 1.19. The predicted octanol–water partition coefficient (Wildman–Crippen LogP) is 6.59. The Morgan fingerprint density at radius 1 is 1.00 bits per heavy atom. The molecule has 0 amide bonds. The van der Waals surface area contributed by atoms with E-state index in [2.05, 4.69) is 25.9 Å². The van der Waals surface area contributed by atoms with Gasteiger partial charge in [0.1, 0.15) is 10.3 Å². The Labute approximate surface area is 148 Å². The molecule has 21 heavy (non-hydrogen) atoms. The number of rotatable bonds is 2. The third kappa shape index (κ3) is 3.25. The molecule has 7 heteroatoms. The maximum absolute atomic E-state index is 6.30. The Balaban J connectivity index is 2.12. The molecule has 0 unspecified atom stereocenters. The van der Waals surface area contributed by atoms with Crippen LogP contribution in [-0.2, 0) is 0 Å². The molecular formula is C14H6BrCl3N2S. The van der Waals surface area contributed by atoms with Gasteiger partial charge in [0.05, 0.1) is 15.5 Å². The van der Waals surface area contributed by atoms with Crippen molar-refractivity contribution in [2.24, 2.45) is 0 Å². The van der Waals surface area contributed by atoms with Gasteiger partial charge < -0.3 is 0 Å². The van der Waals surface area contributed by atoms with Crippen molar-refractivity contribution in [1.29, 1.82) is 0 Å². The van der Waals surface area contributed by atoms with E-state index in [1.807, 2.05) is 29.6 Å². The average molecular weight is 421 g/mol. The first-order valence-electron chi connectivity index (χ1n) is 5.78. The van der Waals surface area contributed by atoms with Crippen molar-refractivity contribution in [2.45, 2.75) is 0 Å². The molecule has 0 aliphatic rings. The lowest BCUT2D eigenvalue weighted by atomic mass is 10.1. The fourth-order valence-electron chi connectivity index (χ4n) is 1.83. The van der Waals surface area contributed by atoms with Gasteiger partial charge in [-0.25, -0.2) is 9.97 Å². The molecule has 0 aliphatic carbocycles. The van der Waals surface area contributed by atoms with Crippen LogP contribution in [0.3, 0.4) is 0 Å². The van der Waals surface area contributed by atoms with E-state index in [4.69, 9.17) is 34.8 Å². The van der Waals surface area contributed by atoms with Gasteiger partial charge in [0.2, 0.25) is 0 Å². The van der Waals surface area contributed by atoms with Gasteiger partial charge in [0.25, 0.3) is 0 Å². The fraction of sp³-hybridized carbons (Fsp3) is 0. The Kier molecular flexibility index (Phi) is 4.52. The first-order valence-corrected chi connectivity index (χ1v) is 8.58. The second-order valence-corrected chi connectivity index (χ2v) is 7.12. The van der Waals surface area contributed by atoms with Crippen LogP contribution >= 0.6 is 62.1 Å². The number of hydrogen-bond acceptors (Lipinski definition) is 3. The van der Waals surface area contributed by atoms with Gasteiger partial charge in [-0.3, -0.25) is 0 Å². The molecule has 0 N–H and O–H groups in total. The molecule has 2 aromatic heterocycles. The van der Waals surface area contributed by atoms with E-state index in [1.54, 1.807) is 6.07 Å². The molecule has 0 saturated carbocycles. The van der Waals surface area contributed by atoms with E-state index in [1.165, 1.54) is 11.3 Å². The maximum Gasteiger partial charge on any atom is 0.172 e. The topological polar surface area (TPSA) is 25.8 Å². The molecule has 2 nitrogen and oxygen atoms in total. The quantitative estimate of drug-likeness (QED) is 0.437. The van der Waals surface area contributed by atoms with E-state index in [0.29, 0.717) is 26.7 Å². The first kappa shape index (κ1) is 15.3. The van der Waals surface area contributed by atoms with Crippen LogP contribution in [0.15, 0.2) is 40.2 Å². The third-order valence-electron chi connectivity index (χ3n) is 2.72. The van der Waals surface area contributed by atoms with Gasteiger partial charge in [-0.1, -0.05) is 62.9 Å². The average Bonchev–Trinajstić information content (AvgIpc) is 2.85. The molecule has 0 fully saturated rings. The molecule has 0 atom stereocenters. The first-order chi connectivity index (χ1) is 10.0. The minimum atomic E-state index is 0.313. The Hall–Kier alpha value is -0.650. The Bertz CT molecular complexity index is 796. The smallest absolute Gasteiger partial charge is 0.172 e. The highest BCUT2D eigenvalue weighted by atomic mass is 79.9. The van der Waals surface area contributed by atoms with E-state index in [-0.39, 0.29) is 0 Å². The van der Waals surface area contributed by atoms with Gasteiger partial charge in [-0.15, -0.1) is 11.3 Å². The summed E-state index contributed by atoms with van der Waals surface area (Å²) in [5.41, 5.74) is 1.47. The molecule has 0 radical (unpaired) electrons. The van der Waals surface area contributed by atoms with Gasteiger partial charge in [0.15, 0.2) is 5.82 Å². The zero-order chi connectivity index (χ0) is 15.0. The highest BCUT2D eigenvalue weighted by Crippen LogP contribution is 2.36. The number of halogens is 4. The number of aromatic nitrogens is 2. The zero-order valence-corrected chi connectivity index (χ0v) is 14.9. The number of nitrogens with zero attached hydrogens (tertiary/aromatic N) is 2. The van der Waals surface area contributed by atoms with E-state index < -0.39 is 0 Å². The normalized spacial score (nSPS) is 10.9. The van der Waals surface area contributed by atoms with Crippen molar-refractivity contribution in [3.8, 4) is 21.8 Å². The molecular weight excluding hydrogens is 414 g/mol. The summed E-state index contributed by atoms with van der Waals surface area (Å²) in [6.07, 6.45) is 0. The van der Waals surface area contributed by atoms with Crippen molar-refractivity contribution in [2.75, 3.05) is 0 Å². The zero-order valence-electron chi connectivity index (χ0n) is 10.3. The van der Waals surface area contributed by atoms with Gasteiger partial charge in [-0.2, -0.15) is 0 Å². The summed E-state index contributed by atoms with van der Waals surface area (Å²) in [5.74, 6) is 0.473. The highest BCUT2D eigenvalue weighted by Gasteiger charge is 2.15. The monoisotopic (exact) mass is 418 g/mol. The van der Waals surface area contributed by atoms with Gasteiger partial charge >= 0.3 is 0 Å². The fourth-order valence-corrected chi connectivity index (χ4v) is 3.84. The van der Waals surface area contributed by atoms with Crippen LogP contribution in [0.25, 0.3) is 21.8 Å². The van der Waals surface area contributed by atoms with Crippen LogP contribution in [0, 0.1) is 0 Å². The summed E-state index contributed by atoms with van der Waals surface area (Å²) >= 11 is 23.4. The summed E-state index contributed by atoms with van der Waals surface area (Å²) < 4.78 is 0.932. The number of hydrogen-bond donors (Lipinski definition) is 0. The molecule has 0 spiro atoms. The van der Waals surface area contributed by atoms with Crippen molar-refractivity contribution in [3.63, 3.8) is 0 Å². The summed E-state index contributed by atoms with van der Waals surface area (Å²) in [4.78, 5) is 9.48. The molecule has 1 aromatic carbocycles. The second-order valence-electron chi connectivity index (χ2n) is 4.14. The van der Waals surface area contributed by atoms with E-state index >= 15 is 0 Å². The van der Waals surface area contributed by atoms with Crippen LogP contribution in [0.2, 0.25) is 15.3 Å². The SMILES string of the molecule is Clc1csc(-c2nc(Cl)c(-c3cccc(Br)c3)c(Cl)n2)c1. The Morgan fingerprint density at radius 2 is 1.71 bits per heavy atom. The van der Waals surface area contributed by atoms with E-state index in [9.17, 15) is 0 Å². The maximum atomic E-state index is 6.30. The van der Waals surface area contributed by atoms with Crippen LogP contribution in [0.4, 0.5) is 0 Å². The lowest BCUT2D eigenvalue weighted by Gasteiger charge is -2.08. The largest absolute Gasteiger partial charge is 0.215 e. The standard InChI is InChI=1S/C14H6BrCl3N2S/c15-8-3-1-2-7(4-8)11-12(17)19-14(20-13(11)18)10-5-9(16)6-21-10/h1-6H. The molecule has 2 heterocycles. The van der Waals surface area contributed by atoms with Gasteiger partial charge in [0, 0.05) is 9.85 Å². The molecule has 3 aromatic rings. The summed E-state index contributed by atoms with van der Waals surface area (Å²) in [7, 11) is 0. The Morgan fingerprint density at radius 3 is 2.29 bits per heavy atom. The molecule has 0 bridgehead atoms. The van der Waals surface area contributed by atoms with Crippen molar-refractivity contribution >= 4 is 62.1 Å². The van der Waals surface area contributed by atoms with Crippen LogP contribution in [0.1, 0.15) is 0 Å². The molecule has 0 saturated heterocycles. The predicted molar refractivity (Wildman–Crippen MR) is 93.5 cm³/mol. The van der Waals surface area contributed by atoms with Crippen LogP contribution in [0.5, 0.6) is 0 Å². The minimum absolute atomic E-state index is 0.313. The molecule has 0 aliphatic heterocycles. The van der Waals surface area contributed by atoms with Crippen molar-refractivity contribution < 1.29 is 0 Å². The molecule has 106 valence electrons. The number of thiophene rings is 1. The minimum Gasteiger partial charge on any atom is -0.215 e. The highest BCUT2D eigenvalue weighted by molar-refractivity contribution is 9.10. The van der Waals surface area contributed by atoms with Crippen LogP contribution in [-0.4, -0.2) is 9.97 Å². The summed E-state index contributed by atoms with van der Waals surface area (Å²) in [6.45, 7) is 0. The second kappa shape index (κ2) is 6.23.